The van der Waals surface area contributed by atoms with Gasteiger partial charge in [-0.3, -0.25) is 15.4 Å². The molecule has 0 saturated carbocycles. The van der Waals surface area contributed by atoms with E-state index < -0.39 is 12.3 Å². The minimum Gasteiger partial charge on any atom is -0.322 e. The highest BCUT2D eigenvalue weighted by Gasteiger charge is 2.32. The van der Waals surface area contributed by atoms with Crippen molar-refractivity contribution in [3.05, 3.63) is 65.7 Å². The van der Waals surface area contributed by atoms with Gasteiger partial charge in [-0.2, -0.15) is 5.10 Å². The predicted molar refractivity (Wildman–Crippen MR) is 121 cm³/mol. The minimum atomic E-state index is -0.599. The first kappa shape index (κ1) is 20.9. The van der Waals surface area contributed by atoms with E-state index in [4.69, 9.17) is 11.6 Å². The number of urea groups is 1. The number of halogens is 1. The Kier molecular flexibility index (Phi) is 5.92. The molecule has 4 N–H and O–H groups in total. The van der Waals surface area contributed by atoms with E-state index >= 15 is 0 Å². The first-order valence-corrected chi connectivity index (χ1v) is 10.3. The van der Waals surface area contributed by atoms with Crippen molar-refractivity contribution in [3.63, 3.8) is 0 Å². The smallest absolute Gasteiger partial charge is 0.322 e. The lowest BCUT2D eigenvalue weighted by Crippen LogP contribution is -2.57. The number of hydrogen-bond acceptors (Lipinski definition) is 4. The number of carbonyl (C=O) groups is 2. The molecule has 1 saturated heterocycles. The Bertz CT molecular complexity index is 1100. The van der Waals surface area contributed by atoms with Crippen LogP contribution in [0.1, 0.15) is 20.1 Å². The van der Waals surface area contributed by atoms with Crippen LogP contribution in [0, 0.1) is 5.92 Å². The third kappa shape index (κ3) is 4.70. The average molecular weight is 439 g/mol. The Balaban J connectivity index is 1.62. The van der Waals surface area contributed by atoms with Crippen molar-refractivity contribution in [3.8, 4) is 11.3 Å². The van der Waals surface area contributed by atoms with Gasteiger partial charge >= 0.3 is 6.03 Å². The molecule has 4 rings (SSSR count). The topological polar surface area (TPSA) is 100 Å². The lowest BCUT2D eigenvalue weighted by atomic mass is 10.0. The fourth-order valence-electron chi connectivity index (χ4n) is 3.34. The summed E-state index contributed by atoms with van der Waals surface area (Å²) in [5.74, 6) is 0.170. The number of benzene rings is 2. The summed E-state index contributed by atoms with van der Waals surface area (Å²) in [6.45, 7) is 3.80. The van der Waals surface area contributed by atoms with Crippen molar-refractivity contribution < 1.29 is 9.59 Å². The molecule has 0 radical (unpaired) electrons. The Morgan fingerprint density at radius 2 is 1.84 bits per heavy atom. The maximum Gasteiger partial charge on any atom is 0.324 e. The van der Waals surface area contributed by atoms with Crippen molar-refractivity contribution in [2.75, 3.05) is 10.6 Å². The molecule has 3 aromatic rings. The molecule has 8 nitrogen and oxygen atoms in total. The molecule has 3 unspecified atom stereocenters. The molecule has 160 valence electrons. The fourth-order valence-corrected chi connectivity index (χ4v) is 3.53. The average Bonchev–Trinajstić information content (AvgIpc) is 3.16. The quantitative estimate of drug-likeness (QED) is 0.493. The number of anilines is 2. The molecule has 31 heavy (non-hydrogen) atoms. The molecule has 0 spiro atoms. The van der Waals surface area contributed by atoms with Gasteiger partial charge in [0.05, 0.1) is 11.6 Å². The SMILES string of the molecule is CC1NC(n2nc(-c3ccccc3)cc2NC(=O)Nc2cccc(Cl)c2)NC(=O)C1C. The number of amides is 3. The van der Waals surface area contributed by atoms with E-state index in [0.717, 1.165) is 5.56 Å². The molecule has 2 aromatic carbocycles. The van der Waals surface area contributed by atoms with Crippen LogP contribution >= 0.6 is 11.6 Å². The molecule has 0 aliphatic carbocycles. The predicted octanol–water partition coefficient (Wildman–Crippen LogP) is 4.05. The molecule has 3 amide bonds. The van der Waals surface area contributed by atoms with E-state index in [1.54, 1.807) is 35.0 Å². The normalized spacial score (nSPS) is 20.7. The highest BCUT2D eigenvalue weighted by molar-refractivity contribution is 6.30. The fraction of sp³-hybridized carbons (Fsp3) is 0.227. The zero-order valence-corrected chi connectivity index (χ0v) is 17.9. The summed E-state index contributed by atoms with van der Waals surface area (Å²) in [4.78, 5) is 25.0. The molecule has 1 aliphatic rings. The van der Waals surface area contributed by atoms with Crippen molar-refractivity contribution in [2.24, 2.45) is 5.92 Å². The first-order valence-electron chi connectivity index (χ1n) is 9.95. The number of nitrogens with zero attached hydrogens (tertiary/aromatic N) is 2. The van der Waals surface area contributed by atoms with Crippen LogP contribution in [0.2, 0.25) is 5.02 Å². The second kappa shape index (κ2) is 8.79. The van der Waals surface area contributed by atoms with Gasteiger partial charge in [-0.15, -0.1) is 0 Å². The molecular formula is C22H23ClN6O2. The van der Waals surface area contributed by atoms with Crippen molar-refractivity contribution in [2.45, 2.75) is 26.2 Å². The molecule has 2 heterocycles. The van der Waals surface area contributed by atoms with Crippen LogP contribution in [0.3, 0.4) is 0 Å². The third-order valence-corrected chi connectivity index (χ3v) is 5.47. The number of nitrogens with one attached hydrogen (secondary N) is 4. The van der Waals surface area contributed by atoms with Crippen LogP contribution in [0.15, 0.2) is 60.7 Å². The zero-order valence-electron chi connectivity index (χ0n) is 17.1. The van der Waals surface area contributed by atoms with Gasteiger partial charge in [-0.05, 0) is 25.1 Å². The zero-order chi connectivity index (χ0) is 22.0. The number of rotatable bonds is 4. The first-order chi connectivity index (χ1) is 14.9. The van der Waals surface area contributed by atoms with E-state index in [1.807, 2.05) is 44.2 Å². The van der Waals surface area contributed by atoms with Crippen molar-refractivity contribution >= 4 is 35.0 Å². The summed E-state index contributed by atoms with van der Waals surface area (Å²) >= 11 is 5.99. The van der Waals surface area contributed by atoms with Crippen LogP contribution < -0.4 is 21.3 Å². The van der Waals surface area contributed by atoms with Gasteiger partial charge in [0, 0.05) is 28.4 Å². The van der Waals surface area contributed by atoms with Crippen LogP contribution in [0.4, 0.5) is 16.3 Å². The van der Waals surface area contributed by atoms with Gasteiger partial charge in [-0.25, -0.2) is 9.48 Å². The summed E-state index contributed by atoms with van der Waals surface area (Å²) in [6.07, 6.45) is -0.599. The van der Waals surface area contributed by atoms with Gasteiger partial charge in [0.15, 0.2) is 6.29 Å². The second-order valence-electron chi connectivity index (χ2n) is 7.47. The Labute approximate surface area is 185 Å². The largest absolute Gasteiger partial charge is 0.324 e. The van der Waals surface area contributed by atoms with Crippen molar-refractivity contribution in [1.82, 2.24) is 20.4 Å². The summed E-state index contributed by atoms with van der Waals surface area (Å²) in [5.41, 5.74) is 2.12. The molecule has 9 heteroatoms. The van der Waals surface area contributed by atoms with E-state index in [2.05, 4.69) is 26.4 Å². The summed E-state index contributed by atoms with van der Waals surface area (Å²) in [7, 11) is 0. The van der Waals surface area contributed by atoms with Crippen LogP contribution in [-0.2, 0) is 4.79 Å². The highest BCUT2D eigenvalue weighted by Crippen LogP contribution is 2.25. The van der Waals surface area contributed by atoms with E-state index in [-0.39, 0.29) is 17.9 Å². The lowest BCUT2D eigenvalue weighted by Gasteiger charge is -2.34. The maximum atomic E-state index is 12.6. The van der Waals surface area contributed by atoms with Gasteiger partial charge in [-0.1, -0.05) is 54.9 Å². The van der Waals surface area contributed by atoms with Gasteiger partial charge < -0.3 is 10.6 Å². The van der Waals surface area contributed by atoms with Crippen LogP contribution in [0.5, 0.6) is 0 Å². The van der Waals surface area contributed by atoms with Gasteiger partial charge in [0.1, 0.15) is 5.82 Å². The Hall–Kier alpha value is -3.36. The van der Waals surface area contributed by atoms with Gasteiger partial charge in [0.2, 0.25) is 5.91 Å². The Morgan fingerprint density at radius 1 is 1.06 bits per heavy atom. The molecule has 1 aromatic heterocycles. The van der Waals surface area contributed by atoms with Crippen LogP contribution in [-0.4, -0.2) is 27.8 Å². The Morgan fingerprint density at radius 3 is 2.55 bits per heavy atom. The summed E-state index contributed by atoms with van der Waals surface area (Å²) < 4.78 is 1.57. The summed E-state index contributed by atoms with van der Waals surface area (Å²) in [5, 5.41) is 17.0. The highest BCUT2D eigenvalue weighted by atomic mass is 35.5. The van der Waals surface area contributed by atoms with Crippen molar-refractivity contribution in [1.29, 1.82) is 0 Å². The van der Waals surface area contributed by atoms with Crippen LogP contribution in [0.25, 0.3) is 11.3 Å². The van der Waals surface area contributed by atoms with E-state index in [9.17, 15) is 9.59 Å². The maximum absolute atomic E-state index is 12.6. The summed E-state index contributed by atoms with van der Waals surface area (Å²) in [6, 6.07) is 17.7. The molecular weight excluding hydrogens is 416 g/mol. The standard InChI is InChI=1S/C22H23ClN6O2/c1-13-14(2)24-21(27-20(13)30)29-19(12-18(28-29)15-7-4-3-5-8-15)26-22(31)25-17-10-6-9-16(23)11-17/h3-14,21,24H,1-2H3,(H,27,30)(H2,25,26,31). The molecule has 3 atom stereocenters. The molecule has 0 bridgehead atoms. The van der Waals surface area contributed by atoms with Gasteiger partial charge in [0.25, 0.3) is 0 Å². The van der Waals surface area contributed by atoms with E-state index in [1.165, 1.54) is 0 Å². The number of aromatic nitrogens is 2. The molecule has 1 aliphatic heterocycles. The number of carbonyl (C=O) groups excluding carboxylic acids is 2. The van der Waals surface area contributed by atoms with E-state index in [0.29, 0.717) is 22.2 Å². The monoisotopic (exact) mass is 438 g/mol. The molecule has 1 fully saturated rings. The minimum absolute atomic E-state index is 0.0590. The number of hydrogen-bond donors (Lipinski definition) is 4. The third-order valence-electron chi connectivity index (χ3n) is 5.24. The lowest BCUT2D eigenvalue weighted by molar-refractivity contribution is -0.130. The second-order valence-corrected chi connectivity index (χ2v) is 7.91.